The van der Waals surface area contributed by atoms with E-state index in [4.69, 9.17) is 4.42 Å². The molecule has 1 amide bonds. The molecule has 2 rings (SSSR count). The van der Waals surface area contributed by atoms with Crippen LogP contribution in [0.25, 0.3) is 0 Å². The number of carbonyl (C=O) groups excluding carboxylic acids is 1. The Labute approximate surface area is 155 Å². The maximum Gasteiger partial charge on any atom is 0.274 e. The normalized spacial score (nSPS) is 12.6. The lowest BCUT2D eigenvalue weighted by Gasteiger charge is -2.27. The summed E-state index contributed by atoms with van der Waals surface area (Å²) in [6.45, 7) is 14.1. The number of hydrazone groups is 1. The van der Waals surface area contributed by atoms with Crippen molar-refractivity contribution >= 4 is 12.1 Å². The molecule has 0 fully saturated rings. The van der Waals surface area contributed by atoms with Crippen molar-refractivity contribution in [1.29, 1.82) is 0 Å². The van der Waals surface area contributed by atoms with Crippen molar-refractivity contribution in [3.8, 4) is 5.75 Å². The number of nitrogens with one attached hydrogen (secondary N) is 1. The molecule has 0 bridgehead atoms. The van der Waals surface area contributed by atoms with Gasteiger partial charge in [0.05, 0.1) is 18.0 Å². The number of hydrogen-bond donors (Lipinski definition) is 2. The Morgan fingerprint density at radius 3 is 2.08 bits per heavy atom. The molecule has 26 heavy (non-hydrogen) atoms. The van der Waals surface area contributed by atoms with Gasteiger partial charge in [0, 0.05) is 11.1 Å². The van der Waals surface area contributed by atoms with Gasteiger partial charge in [0.15, 0.2) is 0 Å². The van der Waals surface area contributed by atoms with Crippen molar-refractivity contribution in [2.75, 3.05) is 0 Å². The van der Waals surface area contributed by atoms with Crippen molar-refractivity contribution < 1.29 is 14.3 Å². The molecule has 0 spiro atoms. The first-order valence-electron chi connectivity index (χ1n) is 8.66. The Balaban J connectivity index is 2.34. The molecule has 1 aromatic heterocycles. The third kappa shape index (κ3) is 4.34. The minimum Gasteiger partial charge on any atom is -0.507 e. The maximum absolute atomic E-state index is 12.1. The van der Waals surface area contributed by atoms with Crippen LogP contribution in [0.15, 0.2) is 34.0 Å². The second-order valence-electron chi connectivity index (χ2n) is 8.55. The Hall–Kier alpha value is -2.56. The average molecular weight is 356 g/mol. The first kappa shape index (κ1) is 19.8. The summed E-state index contributed by atoms with van der Waals surface area (Å²) in [6.07, 6.45) is 3.07. The number of benzene rings is 1. The Morgan fingerprint density at radius 2 is 1.65 bits per heavy atom. The quantitative estimate of drug-likeness (QED) is 0.621. The van der Waals surface area contributed by atoms with Gasteiger partial charge in [-0.05, 0) is 41.5 Å². The number of hydrogen-bond acceptors (Lipinski definition) is 4. The number of rotatable bonds is 3. The van der Waals surface area contributed by atoms with Gasteiger partial charge in [0.25, 0.3) is 5.91 Å². The summed E-state index contributed by atoms with van der Waals surface area (Å²) in [5, 5.41) is 14.8. The molecule has 140 valence electrons. The molecule has 0 aliphatic heterocycles. The fourth-order valence-corrected chi connectivity index (χ4v) is 2.72. The van der Waals surface area contributed by atoms with Gasteiger partial charge in [-0.15, -0.1) is 0 Å². The second kappa shape index (κ2) is 6.98. The lowest BCUT2D eigenvalue weighted by molar-refractivity contribution is 0.0953. The van der Waals surface area contributed by atoms with Crippen LogP contribution in [0.1, 0.15) is 74.4 Å². The summed E-state index contributed by atoms with van der Waals surface area (Å²) in [5.41, 5.74) is 5.06. The van der Waals surface area contributed by atoms with Crippen LogP contribution in [0.3, 0.4) is 0 Å². The number of amides is 1. The molecule has 0 aliphatic rings. The van der Waals surface area contributed by atoms with Crippen LogP contribution in [-0.4, -0.2) is 17.2 Å². The van der Waals surface area contributed by atoms with Crippen LogP contribution < -0.4 is 5.43 Å². The van der Waals surface area contributed by atoms with E-state index in [1.54, 1.807) is 19.2 Å². The number of nitrogens with zero attached hydrogens (tertiary/aromatic N) is 1. The zero-order chi connectivity index (χ0) is 19.7. The summed E-state index contributed by atoms with van der Waals surface area (Å²) in [6, 6.07) is 5.42. The molecule has 5 nitrogen and oxygen atoms in total. The molecular weight excluding hydrogens is 328 g/mol. The first-order chi connectivity index (χ1) is 11.9. The number of furan rings is 1. The zero-order valence-electron chi connectivity index (χ0n) is 16.6. The summed E-state index contributed by atoms with van der Waals surface area (Å²) in [7, 11) is 0. The predicted octanol–water partition coefficient (Wildman–Crippen LogP) is 4.65. The van der Waals surface area contributed by atoms with E-state index in [-0.39, 0.29) is 16.7 Å². The Morgan fingerprint density at radius 1 is 1.12 bits per heavy atom. The fraction of sp³-hybridized carbons (Fsp3) is 0.429. The number of aryl methyl sites for hydroxylation is 1. The van der Waals surface area contributed by atoms with E-state index < -0.39 is 0 Å². The fourth-order valence-electron chi connectivity index (χ4n) is 2.72. The molecule has 0 radical (unpaired) electrons. The van der Waals surface area contributed by atoms with E-state index in [9.17, 15) is 9.90 Å². The first-order valence-corrected chi connectivity index (χ1v) is 8.66. The third-order valence-corrected chi connectivity index (χ3v) is 4.23. The maximum atomic E-state index is 12.1. The van der Waals surface area contributed by atoms with E-state index in [2.05, 4.69) is 52.1 Å². The van der Waals surface area contributed by atoms with Crippen LogP contribution in [0.2, 0.25) is 0 Å². The summed E-state index contributed by atoms with van der Waals surface area (Å²) in [5.74, 6) is 0.547. The number of phenolic OH excluding ortho intramolecular Hbond substituents is 1. The van der Waals surface area contributed by atoms with E-state index in [0.29, 0.717) is 17.1 Å². The highest BCUT2D eigenvalue weighted by Gasteiger charge is 2.26. The highest BCUT2D eigenvalue weighted by Crippen LogP contribution is 2.39. The second-order valence-corrected chi connectivity index (χ2v) is 8.55. The lowest BCUT2D eigenvalue weighted by atomic mass is 9.78. The van der Waals surface area contributed by atoms with Crippen LogP contribution >= 0.6 is 0 Å². The van der Waals surface area contributed by atoms with Gasteiger partial charge in [0.1, 0.15) is 11.5 Å². The van der Waals surface area contributed by atoms with Crippen molar-refractivity contribution in [2.24, 2.45) is 5.10 Å². The molecule has 0 saturated carbocycles. The number of carbonyl (C=O) groups is 1. The highest BCUT2D eigenvalue weighted by molar-refractivity contribution is 5.95. The number of aromatic hydroxyl groups is 1. The van der Waals surface area contributed by atoms with E-state index in [1.807, 2.05) is 12.1 Å². The van der Waals surface area contributed by atoms with Gasteiger partial charge in [-0.25, -0.2) is 5.43 Å². The van der Waals surface area contributed by atoms with Gasteiger partial charge in [-0.1, -0.05) is 41.5 Å². The average Bonchev–Trinajstić information content (AvgIpc) is 2.92. The van der Waals surface area contributed by atoms with Crippen LogP contribution in [0, 0.1) is 6.92 Å². The summed E-state index contributed by atoms with van der Waals surface area (Å²) >= 11 is 0. The van der Waals surface area contributed by atoms with Gasteiger partial charge >= 0.3 is 0 Å². The van der Waals surface area contributed by atoms with Crippen molar-refractivity contribution in [3.63, 3.8) is 0 Å². The van der Waals surface area contributed by atoms with Crippen molar-refractivity contribution in [3.05, 3.63) is 52.5 Å². The molecule has 0 atom stereocenters. The SMILES string of the molecule is Cc1occc1C(=O)N/N=C\c1cc(C(C)(C)C)c(O)c(C(C)(C)C)c1. The minimum absolute atomic E-state index is 0.217. The summed E-state index contributed by atoms with van der Waals surface area (Å²) < 4.78 is 5.13. The molecule has 2 aromatic rings. The molecule has 0 saturated heterocycles. The van der Waals surface area contributed by atoms with Crippen LogP contribution in [0.4, 0.5) is 0 Å². The van der Waals surface area contributed by atoms with Crippen molar-refractivity contribution in [1.82, 2.24) is 5.43 Å². The molecule has 1 aromatic carbocycles. The Kier molecular flexibility index (Phi) is 5.31. The topological polar surface area (TPSA) is 74.8 Å². The van der Waals surface area contributed by atoms with Gasteiger partial charge in [-0.3, -0.25) is 4.79 Å². The van der Waals surface area contributed by atoms with E-state index in [1.165, 1.54) is 6.26 Å². The van der Waals surface area contributed by atoms with E-state index >= 15 is 0 Å². The Bertz CT molecular complexity index is 799. The van der Waals surface area contributed by atoms with Gasteiger partial charge < -0.3 is 9.52 Å². The van der Waals surface area contributed by atoms with Gasteiger partial charge in [-0.2, -0.15) is 5.10 Å². The predicted molar refractivity (Wildman–Crippen MR) is 104 cm³/mol. The number of phenols is 1. The third-order valence-electron chi connectivity index (χ3n) is 4.23. The molecule has 5 heteroatoms. The standard InChI is InChI=1S/C21H28N2O3/c1-13-15(8-9-26-13)19(25)23-22-12-14-10-16(20(2,3)4)18(24)17(11-14)21(5,6)7/h8-12,24H,1-7H3,(H,23,25)/b22-12-. The highest BCUT2D eigenvalue weighted by atomic mass is 16.3. The van der Waals surface area contributed by atoms with Crippen LogP contribution in [-0.2, 0) is 10.8 Å². The molecule has 2 N–H and O–H groups in total. The van der Waals surface area contributed by atoms with Crippen LogP contribution in [0.5, 0.6) is 5.75 Å². The summed E-state index contributed by atoms with van der Waals surface area (Å²) in [4.78, 5) is 12.1. The smallest absolute Gasteiger partial charge is 0.274 e. The zero-order valence-corrected chi connectivity index (χ0v) is 16.6. The van der Waals surface area contributed by atoms with E-state index in [0.717, 1.165) is 16.7 Å². The molecule has 0 aliphatic carbocycles. The molecule has 1 heterocycles. The van der Waals surface area contributed by atoms with Gasteiger partial charge in [0.2, 0.25) is 0 Å². The lowest BCUT2D eigenvalue weighted by Crippen LogP contribution is -2.19. The largest absolute Gasteiger partial charge is 0.507 e. The monoisotopic (exact) mass is 356 g/mol. The minimum atomic E-state index is -0.321. The molecule has 0 unspecified atom stereocenters. The molecular formula is C21H28N2O3. The van der Waals surface area contributed by atoms with Crippen molar-refractivity contribution in [2.45, 2.75) is 59.3 Å².